The van der Waals surface area contributed by atoms with Crippen LogP contribution in [0, 0.1) is 5.92 Å². The topological polar surface area (TPSA) is 15.3 Å². The van der Waals surface area contributed by atoms with E-state index in [0.29, 0.717) is 11.5 Å². The minimum Gasteiger partial charge on any atom is -0.314 e. The minimum atomic E-state index is -4.36. The quantitative estimate of drug-likeness (QED) is 0.812. The maximum atomic E-state index is 13.4. The lowest BCUT2D eigenvalue weighted by Crippen LogP contribution is -2.46. The van der Waals surface area contributed by atoms with E-state index in [9.17, 15) is 13.2 Å². The molecule has 0 spiro atoms. The molecule has 1 aliphatic carbocycles. The number of halogens is 6. The standard InChI is InChI=1S/C15H18ClF3N2.2ClH/c16-11-3-4-12(13(9-11)15(17,18)19)14(10-1-2-10)21-7-5-20-6-8-21;;/h3-4,9-10,14,20H,1-2,5-8H2;2*1H/t14-;;/m1../s1. The lowest BCUT2D eigenvalue weighted by Gasteiger charge is -2.36. The molecular formula is C15H20Cl3F3N2. The molecule has 0 aromatic heterocycles. The number of nitrogens with zero attached hydrogens (tertiary/aromatic N) is 1. The number of nitrogens with one attached hydrogen (secondary N) is 1. The van der Waals surface area contributed by atoms with Crippen LogP contribution in [0.25, 0.3) is 0 Å². The number of alkyl halides is 3. The van der Waals surface area contributed by atoms with Crippen molar-refractivity contribution in [1.82, 2.24) is 10.2 Å². The molecule has 2 fully saturated rings. The lowest BCUT2D eigenvalue weighted by atomic mass is 9.94. The van der Waals surface area contributed by atoms with Crippen LogP contribution >= 0.6 is 36.4 Å². The van der Waals surface area contributed by atoms with Gasteiger partial charge in [0.25, 0.3) is 0 Å². The third kappa shape index (κ3) is 4.89. The Hall–Kier alpha value is -0.200. The summed E-state index contributed by atoms with van der Waals surface area (Å²) in [6, 6.07) is 4.06. The zero-order valence-electron chi connectivity index (χ0n) is 12.4. The molecule has 1 heterocycles. The monoisotopic (exact) mass is 390 g/mol. The van der Waals surface area contributed by atoms with Crippen molar-refractivity contribution in [2.24, 2.45) is 5.92 Å². The third-order valence-electron chi connectivity index (χ3n) is 4.25. The Morgan fingerprint density at radius 3 is 2.26 bits per heavy atom. The molecule has 1 aromatic rings. The number of benzene rings is 1. The van der Waals surface area contributed by atoms with Crippen LogP contribution in [0.4, 0.5) is 13.2 Å². The summed E-state index contributed by atoms with van der Waals surface area (Å²) < 4.78 is 40.1. The summed E-state index contributed by atoms with van der Waals surface area (Å²) in [6.45, 7) is 3.25. The summed E-state index contributed by atoms with van der Waals surface area (Å²) in [5, 5.41) is 3.39. The van der Waals surface area contributed by atoms with Crippen molar-refractivity contribution in [1.29, 1.82) is 0 Å². The van der Waals surface area contributed by atoms with Crippen LogP contribution < -0.4 is 5.32 Å². The van der Waals surface area contributed by atoms with Crippen molar-refractivity contribution in [3.05, 3.63) is 34.3 Å². The van der Waals surface area contributed by atoms with Crippen molar-refractivity contribution < 1.29 is 13.2 Å². The van der Waals surface area contributed by atoms with E-state index in [-0.39, 0.29) is 35.9 Å². The van der Waals surface area contributed by atoms with Crippen LogP contribution in [0.15, 0.2) is 18.2 Å². The van der Waals surface area contributed by atoms with Gasteiger partial charge in [-0.3, -0.25) is 4.90 Å². The van der Waals surface area contributed by atoms with Crippen molar-refractivity contribution in [3.8, 4) is 0 Å². The molecule has 0 amide bonds. The first-order valence-corrected chi connectivity index (χ1v) is 7.66. The Morgan fingerprint density at radius 2 is 1.74 bits per heavy atom. The summed E-state index contributed by atoms with van der Waals surface area (Å²) in [6.07, 6.45) is -2.34. The minimum absolute atomic E-state index is 0. The van der Waals surface area contributed by atoms with Crippen molar-refractivity contribution in [2.45, 2.75) is 25.1 Å². The van der Waals surface area contributed by atoms with Gasteiger partial charge < -0.3 is 5.32 Å². The highest BCUT2D eigenvalue weighted by Crippen LogP contribution is 2.48. The molecule has 1 N–H and O–H groups in total. The van der Waals surface area contributed by atoms with Gasteiger partial charge >= 0.3 is 6.18 Å². The van der Waals surface area contributed by atoms with E-state index in [0.717, 1.165) is 45.1 Å². The van der Waals surface area contributed by atoms with Crippen molar-refractivity contribution in [3.63, 3.8) is 0 Å². The predicted molar refractivity (Wildman–Crippen MR) is 90.9 cm³/mol. The van der Waals surface area contributed by atoms with Crippen LogP contribution in [-0.2, 0) is 6.18 Å². The highest BCUT2D eigenvalue weighted by Gasteiger charge is 2.42. The Balaban J connectivity index is 0.00000132. The van der Waals surface area contributed by atoms with Gasteiger partial charge in [-0.05, 0) is 36.5 Å². The second kappa shape index (κ2) is 8.26. The van der Waals surface area contributed by atoms with Crippen LogP contribution in [0.1, 0.15) is 30.0 Å². The van der Waals surface area contributed by atoms with E-state index in [1.807, 2.05) is 0 Å². The normalized spacial score (nSPS) is 20.3. The second-order valence-electron chi connectivity index (χ2n) is 5.80. The maximum absolute atomic E-state index is 13.4. The lowest BCUT2D eigenvalue weighted by molar-refractivity contribution is -0.138. The molecule has 0 bridgehead atoms. The van der Waals surface area contributed by atoms with Gasteiger partial charge in [-0.1, -0.05) is 17.7 Å². The van der Waals surface area contributed by atoms with Crippen molar-refractivity contribution in [2.75, 3.05) is 26.2 Å². The molecule has 1 saturated carbocycles. The molecule has 1 aliphatic heterocycles. The molecule has 1 aromatic carbocycles. The van der Waals surface area contributed by atoms with E-state index < -0.39 is 11.7 Å². The van der Waals surface area contributed by atoms with Crippen molar-refractivity contribution >= 4 is 36.4 Å². The molecule has 2 nitrogen and oxygen atoms in total. The number of piperazine rings is 1. The third-order valence-corrected chi connectivity index (χ3v) is 4.49. The Bertz CT molecular complexity index is 515. The van der Waals surface area contributed by atoms with Gasteiger partial charge in [0.1, 0.15) is 0 Å². The van der Waals surface area contributed by atoms with Crippen LogP contribution in [0.2, 0.25) is 5.02 Å². The summed E-state index contributed by atoms with van der Waals surface area (Å²) in [4.78, 5) is 2.19. The Kier molecular flexibility index (Phi) is 7.48. The average Bonchev–Trinajstić information content (AvgIpc) is 3.25. The zero-order chi connectivity index (χ0) is 15.0. The van der Waals surface area contributed by atoms with Crippen LogP contribution in [-0.4, -0.2) is 31.1 Å². The molecule has 2 aliphatic rings. The van der Waals surface area contributed by atoms with E-state index in [1.54, 1.807) is 12.1 Å². The van der Waals surface area contributed by atoms with Gasteiger partial charge in [0.2, 0.25) is 0 Å². The number of hydrogen-bond acceptors (Lipinski definition) is 2. The number of rotatable bonds is 3. The van der Waals surface area contributed by atoms with E-state index in [4.69, 9.17) is 11.6 Å². The summed E-state index contributed by atoms with van der Waals surface area (Å²) >= 11 is 5.78. The summed E-state index contributed by atoms with van der Waals surface area (Å²) in [7, 11) is 0. The molecule has 132 valence electrons. The maximum Gasteiger partial charge on any atom is 0.416 e. The summed E-state index contributed by atoms with van der Waals surface area (Å²) in [5.41, 5.74) is -0.193. The van der Waals surface area contributed by atoms with Gasteiger partial charge in [0.15, 0.2) is 0 Å². The molecule has 8 heteroatoms. The highest BCUT2D eigenvalue weighted by atomic mass is 35.5. The predicted octanol–water partition coefficient (Wildman–Crippen LogP) is 4.56. The van der Waals surface area contributed by atoms with Gasteiger partial charge in [0.05, 0.1) is 5.56 Å². The fraction of sp³-hybridized carbons (Fsp3) is 0.600. The first-order chi connectivity index (χ1) is 9.97. The molecular weight excluding hydrogens is 372 g/mol. The van der Waals surface area contributed by atoms with Crippen LogP contribution in [0.5, 0.6) is 0 Å². The Morgan fingerprint density at radius 1 is 1.13 bits per heavy atom. The highest BCUT2D eigenvalue weighted by molar-refractivity contribution is 6.30. The molecule has 3 rings (SSSR count). The van der Waals surface area contributed by atoms with E-state index >= 15 is 0 Å². The fourth-order valence-corrected chi connectivity index (χ4v) is 3.33. The van der Waals surface area contributed by atoms with Gasteiger partial charge in [-0.15, -0.1) is 24.8 Å². The van der Waals surface area contributed by atoms with Crippen LogP contribution in [0.3, 0.4) is 0 Å². The summed E-state index contributed by atoms with van der Waals surface area (Å²) in [5.74, 6) is 0.338. The second-order valence-corrected chi connectivity index (χ2v) is 6.23. The molecule has 0 unspecified atom stereocenters. The smallest absolute Gasteiger partial charge is 0.314 e. The molecule has 23 heavy (non-hydrogen) atoms. The molecule has 1 atom stereocenters. The SMILES string of the molecule is Cl.Cl.FC(F)(F)c1cc(Cl)ccc1[C@@H](C1CC1)N1CCNCC1. The van der Waals surface area contributed by atoms with E-state index in [1.165, 1.54) is 0 Å². The van der Waals surface area contributed by atoms with Gasteiger partial charge in [-0.25, -0.2) is 0 Å². The zero-order valence-corrected chi connectivity index (χ0v) is 14.8. The van der Waals surface area contributed by atoms with Gasteiger partial charge in [0, 0.05) is 37.2 Å². The fourth-order valence-electron chi connectivity index (χ4n) is 3.15. The van der Waals surface area contributed by atoms with Gasteiger partial charge in [-0.2, -0.15) is 13.2 Å². The first kappa shape index (κ1) is 20.8. The van der Waals surface area contributed by atoms with E-state index in [2.05, 4.69) is 10.2 Å². The molecule has 0 radical (unpaired) electrons. The Labute approximate surface area is 151 Å². The number of hydrogen-bond donors (Lipinski definition) is 1. The molecule has 1 saturated heterocycles. The first-order valence-electron chi connectivity index (χ1n) is 7.28. The average molecular weight is 392 g/mol. The largest absolute Gasteiger partial charge is 0.416 e.